The van der Waals surface area contributed by atoms with E-state index in [4.69, 9.17) is 4.74 Å². The second kappa shape index (κ2) is 5.21. The van der Waals surface area contributed by atoms with Gasteiger partial charge >= 0.3 is 5.97 Å². The number of esters is 1. The van der Waals surface area contributed by atoms with E-state index in [1.807, 2.05) is 20.8 Å². The third kappa shape index (κ3) is 2.60. The van der Waals surface area contributed by atoms with Crippen molar-refractivity contribution in [2.45, 2.75) is 33.1 Å². The summed E-state index contributed by atoms with van der Waals surface area (Å²) in [4.78, 5) is 12.1. The van der Waals surface area contributed by atoms with Crippen molar-refractivity contribution in [3.05, 3.63) is 29.8 Å². The van der Waals surface area contributed by atoms with Crippen LogP contribution in [0.15, 0.2) is 24.3 Å². The summed E-state index contributed by atoms with van der Waals surface area (Å²) in [5.74, 6) is 0.0931. The molecule has 3 nitrogen and oxygen atoms in total. The van der Waals surface area contributed by atoms with Crippen molar-refractivity contribution in [2.75, 3.05) is 6.61 Å². The molecule has 1 aromatic carbocycles. The van der Waals surface area contributed by atoms with Gasteiger partial charge in [-0.05, 0) is 37.5 Å². The lowest BCUT2D eigenvalue weighted by molar-refractivity contribution is -0.151. The minimum Gasteiger partial charge on any atom is -0.508 e. The number of hydrogen-bond acceptors (Lipinski definition) is 3. The topological polar surface area (TPSA) is 46.5 Å². The summed E-state index contributed by atoms with van der Waals surface area (Å²) >= 11 is 0. The highest BCUT2D eigenvalue weighted by atomic mass is 16.5. The number of phenols is 1. The number of benzene rings is 1. The average molecular weight is 236 g/mol. The maximum Gasteiger partial charge on any atom is 0.316 e. The summed E-state index contributed by atoms with van der Waals surface area (Å²) in [7, 11) is 0. The van der Waals surface area contributed by atoms with Crippen LogP contribution in [0.25, 0.3) is 0 Å². The molecule has 0 radical (unpaired) electrons. The molecule has 0 aromatic heterocycles. The molecule has 0 aliphatic carbocycles. The summed E-state index contributed by atoms with van der Waals surface area (Å²) in [6.45, 7) is 8.03. The Morgan fingerprint density at radius 2 is 1.88 bits per heavy atom. The van der Waals surface area contributed by atoms with Crippen molar-refractivity contribution in [3.63, 3.8) is 0 Å². The Bertz CT molecular complexity index is 381. The van der Waals surface area contributed by atoms with Gasteiger partial charge in [0.1, 0.15) is 5.75 Å². The van der Waals surface area contributed by atoms with Gasteiger partial charge in [-0.15, -0.1) is 0 Å². The molecule has 0 amide bonds. The van der Waals surface area contributed by atoms with Crippen LogP contribution >= 0.6 is 0 Å². The summed E-state index contributed by atoms with van der Waals surface area (Å²) in [6.07, 6.45) is 0. The van der Waals surface area contributed by atoms with E-state index in [-0.39, 0.29) is 17.6 Å². The normalized spacial score (nSPS) is 14.4. The number of aromatic hydroxyl groups is 1. The Morgan fingerprint density at radius 1 is 1.35 bits per heavy atom. The lowest BCUT2D eigenvalue weighted by Crippen LogP contribution is -2.39. The number of ether oxygens (including phenoxy) is 1. The molecule has 1 atom stereocenters. The summed E-state index contributed by atoms with van der Waals surface area (Å²) < 4.78 is 5.15. The molecule has 0 bridgehead atoms. The maximum atomic E-state index is 12.1. The largest absolute Gasteiger partial charge is 0.508 e. The molecule has 94 valence electrons. The van der Waals surface area contributed by atoms with Crippen LogP contribution in [0.3, 0.4) is 0 Å². The summed E-state index contributed by atoms with van der Waals surface area (Å²) in [6, 6.07) is 6.73. The molecule has 1 N–H and O–H groups in total. The Morgan fingerprint density at radius 3 is 2.29 bits per heavy atom. The summed E-state index contributed by atoms with van der Waals surface area (Å²) in [5.41, 5.74) is 0.188. The number of phenolic OH excluding ortho intramolecular Hbond substituents is 1. The van der Waals surface area contributed by atoms with E-state index in [2.05, 4.69) is 0 Å². The fourth-order valence-electron chi connectivity index (χ4n) is 1.78. The zero-order valence-electron chi connectivity index (χ0n) is 10.9. The van der Waals surface area contributed by atoms with Crippen LogP contribution in [0.2, 0.25) is 0 Å². The first-order chi connectivity index (χ1) is 7.92. The lowest BCUT2D eigenvalue weighted by atomic mass is 9.73. The molecule has 17 heavy (non-hydrogen) atoms. The first-order valence-electron chi connectivity index (χ1n) is 5.89. The van der Waals surface area contributed by atoms with Crippen molar-refractivity contribution in [1.29, 1.82) is 0 Å². The van der Waals surface area contributed by atoms with E-state index in [0.717, 1.165) is 5.56 Å². The molecule has 0 fully saturated rings. The highest BCUT2D eigenvalue weighted by Crippen LogP contribution is 2.34. The number of carbonyl (C=O) groups excluding carboxylic acids is 1. The van der Waals surface area contributed by atoms with Gasteiger partial charge in [-0.25, -0.2) is 0 Å². The number of carbonyl (C=O) groups is 1. The zero-order chi connectivity index (χ0) is 13.1. The molecule has 0 heterocycles. The molecule has 0 saturated heterocycles. The van der Waals surface area contributed by atoms with Gasteiger partial charge in [0.05, 0.1) is 12.0 Å². The monoisotopic (exact) mass is 236 g/mol. The molecule has 0 spiro atoms. The van der Waals surface area contributed by atoms with Crippen LogP contribution in [-0.4, -0.2) is 17.7 Å². The van der Waals surface area contributed by atoms with Gasteiger partial charge in [-0.3, -0.25) is 4.79 Å². The predicted octanol–water partition coefficient (Wildman–Crippen LogP) is 2.87. The van der Waals surface area contributed by atoms with Crippen molar-refractivity contribution in [2.24, 2.45) is 5.92 Å². The molecule has 3 heteroatoms. The molecule has 0 saturated carbocycles. The van der Waals surface area contributed by atoms with Gasteiger partial charge in [-0.2, -0.15) is 0 Å². The van der Waals surface area contributed by atoms with Crippen LogP contribution in [0, 0.1) is 5.92 Å². The van der Waals surface area contributed by atoms with Crippen molar-refractivity contribution < 1.29 is 14.6 Å². The van der Waals surface area contributed by atoms with Gasteiger partial charge < -0.3 is 9.84 Å². The predicted molar refractivity (Wildman–Crippen MR) is 66.9 cm³/mol. The van der Waals surface area contributed by atoms with Crippen LogP contribution < -0.4 is 0 Å². The average Bonchev–Trinajstić information content (AvgIpc) is 2.29. The van der Waals surface area contributed by atoms with Crippen LogP contribution in [0.4, 0.5) is 0 Å². The third-order valence-electron chi connectivity index (χ3n) is 3.32. The van der Waals surface area contributed by atoms with Gasteiger partial charge in [-0.1, -0.05) is 26.0 Å². The molecule has 1 unspecified atom stereocenters. The second-order valence-electron chi connectivity index (χ2n) is 4.62. The fraction of sp³-hybridized carbons (Fsp3) is 0.500. The SMILES string of the molecule is CCOC(=O)C(C)(c1ccc(O)cc1)C(C)C. The standard InChI is InChI=1S/C14H20O3/c1-5-17-13(16)14(4,10(2)3)11-6-8-12(15)9-7-11/h6-10,15H,5H2,1-4H3. The molecule has 0 aliphatic heterocycles. The Hall–Kier alpha value is -1.51. The van der Waals surface area contributed by atoms with E-state index in [0.29, 0.717) is 6.61 Å². The minimum atomic E-state index is -0.677. The van der Waals surface area contributed by atoms with Crippen molar-refractivity contribution >= 4 is 5.97 Å². The zero-order valence-corrected chi connectivity index (χ0v) is 10.9. The van der Waals surface area contributed by atoms with E-state index in [9.17, 15) is 9.90 Å². The number of hydrogen-bond donors (Lipinski definition) is 1. The highest BCUT2D eigenvalue weighted by molar-refractivity contribution is 5.83. The van der Waals surface area contributed by atoms with Crippen LogP contribution in [-0.2, 0) is 14.9 Å². The summed E-state index contributed by atoms with van der Waals surface area (Å²) in [5, 5.41) is 9.29. The molecule has 1 aromatic rings. The molecule has 1 rings (SSSR count). The highest BCUT2D eigenvalue weighted by Gasteiger charge is 2.39. The molecule has 0 aliphatic rings. The Kier molecular flexibility index (Phi) is 4.16. The lowest BCUT2D eigenvalue weighted by Gasteiger charge is -2.31. The van der Waals surface area contributed by atoms with Gasteiger partial charge in [0.25, 0.3) is 0 Å². The first-order valence-corrected chi connectivity index (χ1v) is 5.89. The second-order valence-corrected chi connectivity index (χ2v) is 4.62. The van der Waals surface area contributed by atoms with E-state index in [1.54, 1.807) is 31.2 Å². The Labute approximate surface area is 102 Å². The van der Waals surface area contributed by atoms with E-state index < -0.39 is 5.41 Å². The fourth-order valence-corrected chi connectivity index (χ4v) is 1.78. The molecular weight excluding hydrogens is 216 g/mol. The Balaban J connectivity index is 3.16. The smallest absolute Gasteiger partial charge is 0.316 e. The van der Waals surface area contributed by atoms with Crippen molar-refractivity contribution in [3.8, 4) is 5.75 Å². The molecular formula is C14H20O3. The third-order valence-corrected chi connectivity index (χ3v) is 3.32. The van der Waals surface area contributed by atoms with Gasteiger partial charge in [0.15, 0.2) is 0 Å². The van der Waals surface area contributed by atoms with E-state index in [1.165, 1.54) is 0 Å². The quantitative estimate of drug-likeness (QED) is 0.818. The van der Waals surface area contributed by atoms with E-state index >= 15 is 0 Å². The van der Waals surface area contributed by atoms with Crippen LogP contribution in [0.1, 0.15) is 33.3 Å². The first kappa shape index (κ1) is 13.6. The maximum absolute atomic E-state index is 12.1. The number of rotatable bonds is 4. The minimum absolute atomic E-state index is 0.117. The van der Waals surface area contributed by atoms with Crippen molar-refractivity contribution in [1.82, 2.24) is 0 Å². The van der Waals surface area contributed by atoms with Gasteiger partial charge in [0, 0.05) is 0 Å². The van der Waals surface area contributed by atoms with Gasteiger partial charge in [0.2, 0.25) is 0 Å². The van der Waals surface area contributed by atoms with Crippen LogP contribution in [0.5, 0.6) is 5.75 Å².